The van der Waals surface area contributed by atoms with Gasteiger partial charge in [0, 0.05) is 5.56 Å². The van der Waals surface area contributed by atoms with Crippen LogP contribution in [0.1, 0.15) is 17.3 Å². The molecule has 0 saturated carbocycles. The lowest BCUT2D eigenvalue weighted by Gasteiger charge is -2.12. The summed E-state index contributed by atoms with van der Waals surface area (Å²) >= 11 is 0. The molecule has 0 radical (unpaired) electrons. The zero-order valence-electron chi connectivity index (χ0n) is 13.9. The van der Waals surface area contributed by atoms with E-state index in [0.29, 0.717) is 12.4 Å². The highest BCUT2D eigenvalue weighted by Gasteiger charge is 2.24. The van der Waals surface area contributed by atoms with Crippen molar-refractivity contribution in [1.29, 1.82) is 0 Å². The molecule has 10 heteroatoms. The Labute approximate surface area is 148 Å². The number of methoxy groups -OCH3 is 1. The number of carbonyl (C=O) groups excluding carboxylic acids is 1. The van der Waals surface area contributed by atoms with Gasteiger partial charge >= 0.3 is 0 Å². The van der Waals surface area contributed by atoms with E-state index >= 15 is 0 Å². The number of rotatable bonds is 7. The SMILES string of the molecule is CCOc1ccc(C(=O)NNS(=O)(=O)c2c(F)cccc2F)cc1OC. The molecule has 0 unspecified atom stereocenters. The summed E-state index contributed by atoms with van der Waals surface area (Å²) in [5.74, 6) is -2.75. The van der Waals surface area contributed by atoms with Crippen molar-refractivity contribution in [3.05, 3.63) is 53.6 Å². The van der Waals surface area contributed by atoms with Crippen LogP contribution in [0.4, 0.5) is 8.78 Å². The van der Waals surface area contributed by atoms with E-state index in [4.69, 9.17) is 9.47 Å². The van der Waals surface area contributed by atoms with Crippen molar-refractivity contribution in [2.45, 2.75) is 11.8 Å². The minimum Gasteiger partial charge on any atom is -0.493 e. The first-order valence-corrected chi connectivity index (χ1v) is 8.85. The highest BCUT2D eigenvalue weighted by atomic mass is 32.2. The van der Waals surface area contributed by atoms with Crippen molar-refractivity contribution < 1.29 is 31.5 Å². The van der Waals surface area contributed by atoms with E-state index < -0.39 is 32.5 Å². The van der Waals surface area contributed by atoms with E-state index in [2.05, 4.69) is 0 Å². The van der Waals surface area contributed by atoms with Crippen molar-refractivity contribution in [1.82, 2.24) is 10.3 Å². The highest BCUT2D eigenvalue weighted by molar-refractivity contribution is 7.89. The molecule has 7 nitrogen and oxygen atoms in total. The predicted octanol–water partition coefficient (Wildman–Crippen LogP) is 2.00. The number of carbonyl (C=O) groups is 1. The lowest BCUT2D eigenvalue weighted by Crippen LogP contribution is -2.42. The normalized spacial score (nSPS) is 11.1. The molecule has 0 aliphatic carbocycles. The number of sulfonamides is 1. The number of benzene rings is 2. The number of halogens is 2. The second kappa shape index (κ2) is 8.11. The van der Waals surface area contributed by atoms with E-state index in [-0.39, 0.29) is 11.3 Å². The largest absolute Gasteiger partial charge is 0.493 e. The zero-order chi connectivity index (χ0) is 19.3. The molecule has 1 amide bonds. The Hall–Kier alpha value is -2.72. The van der Waals surface area contributed by atoms with Crippen LogP contribution < -0.4 is 19.7 Å². The van der Waals surface area contributed by atoms with Crippen molar-refractivity contribution >= 4 is 15.9 Å². The van der Waals surface area contributed by atoms with Gasteiger partial charge in [-0.3, -0.25) is 10.2 Å². The summed E-state index contributed by atoms with van der Waals surface area (Å²) in [5, 5.41) is 0. The van der Waals surface area contributed by atoms with Crippen LogP contribution in [-0.4, -0.2) is 28.0 Å². The topological polar surface area (TPSA) is 93.7 Å². The van der Waals surface area contributed by atoms with Gasteiger partial charge in [-0.25, -0.2) is 17.2 Å². The number of amides is 1. The number of nitrogens with one attached hydrogen (secondary N) is 2. The zero-order valence-corrected chi connectivity index (χ0v) is 14.7. The summed E-state index contributed by atoms with van der Waals surface area (Å²) in [5.41, 5.74) is 1.93. The molecule has 0 fully saturated rings. The maximum absolute atomic E-state index is 13.6. The summed E-state index contributed by atoms with van der Waals surface area (Å²) < 4.78 is 61.7. The molecule has 2 rings (SSSR count). The number of hydrogen-bond donors (Lipinski definition) is 2. The van der Waals surface area contributed by atoms with Gasteiger partial charge in [-0.05, 0) is 37.3 Å². The number of hydrogen-bond acceptors (Lipinski definition) is 5. The van der Waals surface area contributed by atoms with Gasteiger partial charge in [-0.2, -0.15) is 0 Å². The lowest BCUT2D eigenvalue weighted by molar-refractivity contribution is 0.0944. The Balaban J connectivity index is 2.18. The molecule has 26 heavy (non-hydrogen) atoms. The van der Waals surface area contributed by atoms with E-state index in [9.17, 15) is 22.0 Å². The molecule has 0 saturated heterocycles. The standard InChI is InChI=1S/C16H16F2N2O5S/c1-3-25-13-8-7-10(9-14(13)24-2)16(21)19-20-26(22,23)15-11(17)5-4-6-12(15)18/h4-9,20H,3H2,1-2H3,(H,19,21). The summed E-state index contributed by atoms with van der Waals surface area (Å²) in [7, 11) is -3.27. The minimum atomic E-state index is -4.65. The van der Waals surface area contributed by atoms with E-state index in [1.54, 1.807) is 11.8 Å². The fourth-order valence-electron chi connectivity index (χ4n) is 2.06. The average Bonchev–Trinajstić information content (AvgIpc) is 2.60. The molecule has 2 N–H and O–H groups in total. The maximum Gasteiger partial charge on any atom is 0.266 e. The van der Waals surface area contributed by atoms with Gasteiger partial charge in [0.05, 0.1) is 13.7 Å². The summed E-state index contributed by atoms with van der Waals surface area (Å²) in [6.45, 7) is 2.16. The molecule has 140 valence electrons. The van der Waals surface area contributed by atoms with E-state index in [0.717, 1.165) is 18.2 Å². The van der Waals surface area contributed by atoms with Gasteiger partial charge in [0.25, 0.3) is 15.9 Å². The van der Waals surface area contributed by atoms with Crippen LogP contribution in [0.2, 0.25) is 0 Å². The fourth-order valence-corrected chi connectivity index (χ4v) is 3.04. The van der Waals surface area contributed by atoms with Crippen LogP contribution >= 0.6 is 0 Å². The molecule has 0 aliphatic heterocycles. The van der Waals surface area contributed by atoms with Gasteiger partial charge in [0.1, 0.15) is 11.6 Å². The van der Waals surface area contributed by atoms with E-state index in [1.807, 2.05) is 5.43 Å². The van der Waals surface area contributed by atoms with Crippen LogP contribution in [-0.2, 0) is 10.0 Å². The quantitative estimate of drug-likeness (QED) is 0.710. The Bertz CT molecular complexity index is 899. The Morgan fingerprint density at radius 2 is 1.77 bits per heavy atom. The van der Waals surface area contributed by atoms with Crippen LogP contribution in [0.25, 0.3) is 0 Å². The van der Waals surface area contributed by atoms with Crippen molar-refractivity contribution in [2.75, 3.05) is 13.7 Å². The van der Waals surface area contributed by atoms with Gasteiger partial charge in [0.15, 0.2) is 16.4 Å². The van der Waals surface area contributed by atoms with Crippen molar-refractivity contribution in [2.24, 2.45) is 0 Å². The molecule has 0 atom stereocenters. The molecule has 0 heterocycles. The van der Waals surface area contributed by atoms with Gasteiger partial charge < -0.3 is 9.47 Å². The Kier molecular flexibility index (Phi) is 6.11. The first-order chi connectivity index (χ1) is 12.3. The van der Waals surface area contributed by atoms with Gasteiger partial charge in [0.2, 0.25) is 0 Å². The third-order valence-corrected chi connectivity index (χ3v) is 4.51. The molecular weight excluding hydrogens is 370 g/mol. The lowest BCUT2D eigenvalue weighted by atomic mass is 10.2. The summed E-state index contributed by atoms with van der Waals surface area (Å²) in [4.78, 5) is 12.6. The smallest absolute Gasteiger partial charge is 0.266 e. The maximum atomic E-state index is 13.6. The van der Waals surface area contributed by atoms with Crippen molar-refractivity contribution in [3.8, 4) is 11.5 Å². The van der Waals surface area contributed by atoms with Crippen molar-refractivity contribution in [3.63, 3.8) is 0 Å². The van der Waals surface area contributed by atoms with E-state index in [1.165, 1.54) is 25.3 Å². The van der Waals surface area contributed by atoms with Crippen LogP contribution in [0.5, 0.6) is 11.5 Å². The highest BCUT2D eigenvalue weighted by Crippen LogP contribution is 2.28. The number of ether oxygens (including phenoxy) is 2. The molecule has 2 aromatic rings. The molecule has 0 aliphatic rings. The second-order valence-electron chi connectivity index (χ2n) is 4.91. The molecule has 0 bridgehead atoms. The summed E-state index contributed by atoms with van der Waals surface area (Å²) in [6.07, 6.45) is 0. The van der Waals surface area contributed by atoms with Crippen LogP contribution in [0.3, 0.4) is 0 Å². The molecule has 0 aromatic heterocycles. The number of hydrazine groups is 1. The first-order valence-electron chi connectivity index (χ1n) is 7.37. The minimum absolute atomic E-state index is 0.0435. The predicted molar refractivity (Wildman–Crippen MR) is 88.3 cm³/mol. The monoisotopic (exact) mass is 386 g/mol. The first kappa shape index (κ1) is 19.6. The third-order valence-electron chi connectivity index (χ3n) is 3.21. The molecule has 0 spiro atoms. The van der Waals surface area contributed by atoms with Crippen LogP contribution in [0.15, 0.2) is 41.3 Å². The average molecular weight is 386 g/mol. The van der Waals surface area contributed by atoms with Gasteiger partial charge in [-0.15, -0.1) is 4.83 Å². The molecule has 2 aromatic carbocycles. The Morgan fingerprint density at radius 1 is 1.12 bits per heavy atom. The Morgan fingerprint density at radius 3 is 2.35 bits per heavy atom. The van der Waals surface area contributed by atoms with Crippen LogP contribution in [0, 0.1) is 11.6 Å². The fraction of sp³-hybridized carbons (Fsp3) is 0.188. The summed E-state index contributed by atoms with van der Waals surface area (Å²) in [6, 6.07) is 6.78. The second-order valence-corrected chi connectivity index (χ2v) is 6.53. The molecular formula is C16H16F2N2O5S. The van der Waals surface area contributed by atoms with Gasteiger partial charge in [-0.1, -0.05) is 6.07 Å². The third kappa shape index (κ3) is 4.27.